The number of halogens is 1. The van der Waals surface area contributed by atoms with E-state index in [2.05, 4.69) is 0 Å². The number of para-hydroxylation sites is 2. The molecule has 3 rings (SSSR count). The number of carboxylic acids is 1. The summed E-state index contributed by atoms with van der Waals surface area (Å²) in [6.45, 7) is 1.50. The average molecular weight is 385 g/mol. The zero-order valence-corrected chi connectivity index (χ0v) is 15.3. The number of amides is 1. The quantitative estimate of drug-likeness (QED) is 0.675. The number of benzene rings is 2. The van der Waals surface area contributed by atoms with Crippen LogP contribution in [0.3, 0.4) is 0 Å². The van der Waals surface area contributed by atoms with E-state index >= 15 is 0 Å². The van der Waals surface area contributed by atoms with E-state index in [1.807, 2.05) is 13.0 Å². The molecule has 7 nitrogen and oxygen atoms in total. The number of aromatic nitrogens is 2. The second-order valence-corrected chi connectivity index (χ2v) is 6.37. The van der Waals surface area contributed by atoms with Crippen LogP contribution in [0.1, 0.15) is 12.5 Å². The van der Waals surface area contributed by atoms with E-state index in [9.17, 15) is 18.8 Å². The molecule has 0 bridgehead atoms. The Hall–Kier alpha value is -3.42. The van der Waals surface area contributed by atoms with E-state index in [1.54, 1.807) is 22.8 Å². The van der Waals surface area contributed by atoms with Gasteiger partial charge in [0.25, 0.3) is 0 Å². The highest BCUT2D eigenvalue weighted by atomic mass is 19.1. The van der Waals surface area contributed by atoms with Crippen LogP contribution in [0.15, 0.2) is 53.3 Å². The van der Waals surface area contributed by atoms with Crippen molar-refractivity contribution in [2.24, 2.45) is 0 Å². The topological polar surface area (TPSA) is 84.5 Å². The third-order valence-corrected chi connectivity index (χ3v) is 4.50. The van der Waals surface area contributed by atoms with Crippen molar-refractivity contribution in [3.63, 3.8) is 0 Å². The molecule has 0 aliphatic heterocycles. The summed E-state index contributed by atoms with van der Waals surface area (Å²) < 4.78 is 16.0. The lowest BCUT2D eigenvalue weighted by Crippen LogP contribution is -2.39. The van der Waals surface area contributed by atoms with E-state index in [4.69, 9.17) is 5.11 Å². The van der Waals surface area contributed by atoms with E-state index in [-0.39, 0.29) is 18.8 Å². The highest BCUT2D eigenvalue weighted by Crippen LogP contribution is 2.14. The second kappa shape index (κ2) is 8.08. The summed E-state index contributed by atoms with van der Waals surface area (Å²) in [5.74, 6) is -2.09. The maximum absolute atomic E-state index is 13.1. The number of fused-ring (bicyclic) bond motifs is 1. The molecular formula is C20H20FN3O4. The number of aliphatic carboxylic acids is 1. The van der Waals surface area contributed by atoms with Crippen LogP contribution in [-0.4, -0.2) is 37.6 Å². The number of rotatable bonds is 7. The molecule has 0 atom stereocenters. The summed E-state index contributed by atoms with van der Waals surface area (Å²) in [4.78, 5) is 37.9. The Morgan fingerprint density at radius 2 is 1.64 bits per heavy atom. The summed E-state index contributed by atoms with van der Waals surface area (Å²) in [5, 5.41) is 9.16. The molecule has 1 N–H and O–H groups in total. The summed E-state index contributed by atoms with van der Waals surface area (Å²) in [5.41, 5.74) is 1.60. The van der Waals surface area contributed by atoms with E-state index < -0.39 is 24.2 Å². The molecule has 0 fully saturated rings. The third kappa shape index (κ3) is 3.95. The van der Waals surface area contributed by atoms with Gasteiger partial charge in [0.2, 0.25) is 5.91 Å². The molecule has 146 valence electrons. The SMILES string of the molecule is CCn1c(=O)n(CC(=O)N(CC(=O)O)Cc2ccc(F)cc2)c2ccccc21. The zero-order valence-electron chi connectivity index (χ0n) is 15.3. The van der Waals surface area contributed by atoms with Gasteiger partial charge in [-0.3, -0.25) is 18.7 Å². The first kappa shape index (κ1) is 19.3. The Morgan fingerprint density at radius 3 is 2.21 bits per heavy atom. The number of hydrogen-bond donors (Lipinski definition) is 1. The first-order valence-corrected chi connectivity index (χ1v) is 8.82. The van der Waals surface area contributed by atoms with Gasteiger partial charge in [-0.25, -0.2) is 9.18 Å². The van der Waals surface area contributed by atoms with Crippen molar-refractivity contribution in [3.05, 3.63) is 70.4 Å². The van der Waals surface area contributed by atoms with E-state index in [1.165, 1.54) is 28.8 Å². The fourth-order valence-corrected chi connectivity index (χ4v) is 3.17. The smallest absolute Gasteiger partial charge is 0.329 e. The van der Waals surface area contributed by atoms with Crippen LogP contribution in [0, 0.1) is 5.82 Å². The first-order valence-electron chi connectivity index (χ1n) is 8.82. The molecule has 0 saturated carbocycles. The van der Waals surface area contributed by atoms with Gasteiger partial charge in [-0.15, -0.1) is 0 Å². The van der Waals surface area contributed by atoms with Gasteiger partial charge in [-0.1, -0.05) is 24.3 Å². The van der Waals surface area contributed by atoms with Crippen LogP contribution in [0.4, 0.5) is 4.39 Å². The maximum Gasteiger partial charge on any atom is 0.329 e. The van der Waals surface area contributed by atoms with Crippen LogP contribution in [0.25, 0.3) is 11.0 Å². The molecule has 0 spiro atoms. The van der Waals surface area contributed by atoms with Crippen LogP contribution in [0.5, 0.6) is 0 Å². The molecule has 0 aliphatic rings. The standard InChI is InChI=1S/C20H20FN3O4/c1-2-23-16-5-3-4-6-17(16)24(20(23)28)12-18(25)22(13-19(26)27)11-14-7-9-15(21)10-8-14/h3-10H,2,11-13H2,1H3,(H,26,27). The monoisotopic (exact) mass is 385 g/mol. The van der Waals surface area contributed by atoms with Crippen LogP contribution in [0.2, 0.25) is 0 Å². The summed E-state index contributed by atoms with van der Waals surface area (Å²) in [6, 6.07) is 12.6. The highest BCUT2D eigenvalue weighted by molar-refractivity contribution is 5.83. The lowest BCUT2D eigenvalue weighted by Gasteiger charge is -2.21. The molecule has 0 unspecified atom stereocenters. The predicted molar refractivity (Wildman–Crippen MR) is 101 cm³/mol. The Morgan fingerprint density at radius 1 is 1.04 bits per heavy atom. The molecule has 0 radical (unpaired) electrons. The molecule has 0 aliphatic carbocycles. The number of aryl methyl sites for hydroxylation is 1. The van der Waals surface area contributed by atoms with Crippen molar-refractivity contribution in [1.82, 2.24) is 14.0 Å². The lowest BCUT2D eigenvalue weighted by atomic mass is 10.2. The van der Waals surface area contributed by atoms with E-state index in [0.29, 0.717) is 23.1 Å². The van der Waals surface area contributed by atoms with E-state index in [0.717, 1.165) is 4.90 Å². The number of hydrogen-bond acceptors (Lipinski definition) is 3. The van der Waals surface area contributed by atoms with Gasteiger partial charge in [0.1, 0.15) is 18.9 Å². The zero-order chi connectivity index (χ0) is 20.3. The van der Waals surface area contributed by atoms with Gasteiger partial charge in [-0.2, -0.15) is 0 Å². The Kier molecular flexibility index (Phi) is 5.58. The highest BCUT2D eigenvalue weighted by Gasteiger charge is 2.21. The molecule has 1 aromatic heterocycles. The van der Waals surface area contributed by atoms with Gasteiger partial charge in [0, 0.05) is 13.1 Å². The predicted octanol–water partition coefficient (Wildman–Crippen LogP) is 2.08. The molecule has 2 aromatic carbocycles. The third-order valence-electron chi connectivity index (χ3n) is 4.50. The number of carbonyl (C=O) groups is 2. The largest absolute Gasteiger partial charge is 0.480 e. The Balaban J connectivity index is 1.91. The minimum Gasteiger partial charge on any atom is -0.480 e. The molecule has 28 heavy (non-hydrogen) atoms. The summed E-state index contributed by atoms with van der Waals surface area (Å²) >= 11 is 0. The van der Waals surface area contributed by atoms with Gasteiger partial charge in [0.05, 0.1) is 11.0 Å². The Bertz CT molecular complexity index is 1070. The number of carboxylic acid groups (broad SMARTS) is 1. The summed E-state index contributed by atoms with van der Waals surface area (Å²) in [6.07, 6.45) is 0. The maximum atomic E-state index is 13.1. The lowest BCUT2D eigenvalue weighted by molar-refractivity contribution is -0.145. The molecule has 0 saturated heterocycles. The van der Waals surface area contributed by atoms with Crippen molar-refractivity contribution in [2.45, 2.75) is 26.6 Å². The molecule has 1 heterocycles. The number of nitrogens with zero attached hydrogens (tertiary/aromatic N) is 3. The Labute approximate surface area is 160 Å². The van der Waals surface area contributed by atoms with Crippen LogP contribution in [-0.2, 0) is 29.2 Å². The van der Waals surface area contributed by atoms with Gasteiger partial charge >= 0.3 is 11.7 Å². The van der Waals surface area contributed by atoms with Crippen molar-refractivity contribution in [1.29, 1.82) is 0 Å². The number of carbonyl (C=O) groups excluding carboxylic acids is 1. The molecule has 3 aromatic rings. The minimum absolute atomic E-state index is 0.00653. The van der Waals surface area contributed by atoms with Gasteiger partial charge in [0.15, 0.2) is 0 Å². The van der Waals surface area contributed by atoms with Crippen molar-refractivity contribution >= 4 is 22.9 Å². The fourth-order valence-electron chi connectivity index (χ4n) is 3.17. The van der Waals surface area contributed by atoms with Crippen molar-refractivity contribution < 1.29 is 19.1 Å². The molecule has 1 amide bonds. The molecule has 8 heteroatoms. The van der Waals surface area contributed by atoms with Crippen molar-refractivity contribution in [2.75, 3.05) is 6.54 Å². The number of imidazole rings is 1. The summed E-state index contributed by atoms with van der Waals surface area (Å²) in [7, 11) is 0. The second-order valence-electron chi connectivity index (χ2n) is 6.37. The van der Waals surface area contributed by atoms with Crippen molar-refractivity contribution in [3.8, 4) is 0 Å². The minimum atomic E-state index is -1.17. The van der Waals surface area contributed by atoms with Gasteiger partial charge in [-0.05, 0) is 36.8 Å². The van der Waals surface area contributed by atoms with Crippen LogP contribution >= 0.6 is 0 Å². The fraction of sp³-hybridized carbons (Fsp3) is 0.250. The average Bonchev–Trinajstić information content (AvgIpc) is 2.94. The van der Waals surface area contributed by atoms with Crippen LogP contribution < -0.4 is 5.69 Å². The van der Waals surface area contributed by atoms with Gasteiger partial charge < -0.3 is 10.0 Å². The first-order chi connectivity index (χ1) is 13.4. The normalized spacial score (nSPS) is 10.9. The molecular weight excluding hydrogens is 365 g/mol.